The average Bonchev–Trinajstić information content (AvgIpc) is 2.45. The maximum atomic E-state index is 12.0. The highest BCUT2D eigenvalue weighted by Gasteiger charge is 2.16. The third-order valence-corrected chi connectivity index (χ3v) is 3.68. The van der Waals surface area contributed by atoms with Gasteiger partial charge in [0, 0.05) is 18.3 Å². The van der Waals surface area contributed by atoms with Crippen molar-refractivity contribution in [3.05, 3.63) is 29.3 Å². The molecule has 110 valence electrons. The van der Waals surface area contributed by atoms with E-state index in [0.29, 0.717) is 17.7 Å². The van der Waals surface area contributed by atoms with E-state index in [-0.39, 0.29) is 11.8 Å². The summed E-state index contributed by atoms with van der Waals surface area (Å²) in [5, 5.41) is 5.36. The second-order valence-electron chi connectivity index (χ2n) is 4.43. The molecule has 0 aliphatic rings. The van der Waals surface area contributed by atoms with E-state index < -0.39 is 6.04 Å². The Hall–Kier alpha value is -1.53. The molecule has 0 aromatic heterocycles. The van der Waals surface area contributed by atoms with Crippen molar-refractivity contribution in [3.8, 4) is 0 Å². The minimum absolute atomic E-state index is 0.176. The van der Waals surface area contributed by atoms with Gasteiger partial charge in [-0.1, -0.05) is 6.07 Å². The van der Waals surface area contributed by atoms with E-state index in [2.05, 4.69) is 10.6 Å². The number of carbonyl (C=O) groups is 2. The van der Waals surface area contributed by atoms with Gasteiger partial charge in [-0.05, 0) is 43.0 Å². The van der Waals surface area contributed by atoms with Crippen molar-refractivity contribution in [3.63, 3.8) is 0 Å². The van der Waals surface area contributed by atoms with Crippen molar-refractivity contribution < 1.29 is 9.59 Å². The van der Waals surface area contributed by atoms with E-state index in [1.54, 1.807) is 43.9 Å². The van der Waals surface area contributed by atoms with Gasteiger partial charge in [-0.2, -0.15) is 11.8 Å². The van der Waals surface area contributed by atoms with Crippen molar-refractivity contribution >= 4 is 29.3 Å². The Bertz CT molecular complexity index is 491. The monoisotopic (exact) mass is 295 g/mol. The highest BCUT2D eigenvalue weighted by atomic mass is 32.2. The third-order valence-electron chi connectivity index (χ3n) is 3.03. The summed E-state index contributed by atoms with van der Waals surface area (Å²) in [6.07, 6.45) is 2.60. The lowest BCUT2D eigenvalue weighted by atomic mass is 10.1. The van der Waals surface area contributed by atoms with Crippen LogP contribution >= 0.6 is 11.8 Å². The normalized spacial score (nSPS) is 11.8. The molecule has 6 heteroatoms. The highest BCUT2D eigenvalue weighted by molar-refractivity contribution is 7.98. The van der Waals surface area contributed by atoms with Gasteiger partial charge in [0.1, 0.15) is 0 Å². The number of anilines is 1. The molecule has 0 unspecified atom stereocenters. The molecule has 0 radical (unpaired) electrons. The van der Waals surface area contributed by atoms with Gasteiger partial charge in [-0.25, -0.2) is 0 Å². The molecule has 0 saturated heterocycles. The van der Waals surface area contributed by atoms with Gasteiger partial charge in [0.25, 0.3) is 5.91 Å². The number of thioether (sulfide) groups is 1. The topological polar surface area (TPSA) is 84.2 Å². The predicted molar refractivity (Wildman–Crippen MR) is 84.2 cm³/mol. The van der Waals surface area contributed by atoms with Crippen LogP contribution in [0.1, 0.15) is 22.3 Å². The smallest absolute Gasteiger partial charge is 0.251 e. The van der Waals surface area contributed by atoms with Crippen molar-refractivity contribution in [2.45, 2.75) is 19.4 Å². The fourth-order valence-corrected chi connectivity index (χ4v) is 2.24. The standard InChI is InChI=1S/C14H21N3O2S/c1-9-10(13(18)16-2)5-4-6-12(9)17-14(19)11(15)7-8-20-3/h4-6,11H,7-8,15H2,1-3H3,(H,16,18)(H,17,19)/t11-/m0/s1. The molecule has 0 saturated carbocycles. The van der Waals surface area contributed by atoms with Gasteiger partial charge in [0.15, 0.2) is 0 Å². The van der Waals surface area contributed by atoms with Gasteiger partial charge < -0.3 is 16.4 Å². The molecular formula is C14H21N3O2S. The summed E-state index contributed by atoms with van der Waals surface area (Å²) >= 11 is 1.65. The Morgan fingerprint density at radius 1 is 1.40 bits per heavy atom. The Kier molecular flexibility index (Phi) is 6.54. The lowest BCUT2D eigenvalue weighted by Crippen LogP contribution is -2.36. The van der Waals surface area contributed by atoms with Crippen LogP contribution in [0.4, 0.5) is 5.69 Å². The third kappa shape index (κ3) is 4.25. The molecule has 2 amide bonds. The van der Waals surface area contributed by atoms with Crippen molar-refractivity contribution in [2.24, 2.45) is 5.73 Å². The van der Waals surface area contributed by atoms with E-state index >= 15 is 0 Å². The van der Waals surface area contributed by atoms with Gasteiger partial charge in [-0.15, -0.1) is 0 Å². The lowest BCUT2D eigenvalue weighted by Gasteiger charge is -2.15. The summed E-state index contributed by atoms with van der Waals surface area (Å²) in [7, 11) is 1.57. The molecule has 0 aliphatic carbocycles. The second kappa shape index (κ2) is 7.91. The van der Waals surface area contributed by atoms with Gasteiger partial charge in [0.05, 0.1) is 6.04 Å². The van der Waals surface area contributed by atoms with Crippen LogP contribution in [0.3, 0.4) is 0 Å². The van der Waals surface area contributed by atoms with Gasteiger partial charge >= 0.3 is 0 Å². The van der Waals surface area contributed by atoms with Crippen molar-refractivity contribution in [2.75, 3.05) is 24.4 Å². The maximum Gasteiger partial charge on any atom is 0.251 e. The maximum absolute atomic E-state index is 12.0. The van der Waals surface area contributed by atoms with Crippen LogP contribution in [0.5, 0.6) is 0 Å². The fraction of sp³-hybridized carbons (Fsp3) is 0.429. The Morgan fingerprint density at radius 2 is 2.10 bits per heavy atom. The van der Waals surface area contributed by atoms with E-state index in [9.17, 15) is 9.59 Å². The minimum atomic E-state index is -0.537. The molecule has 0 heterocycles. The predicted octanol–water partition coefficient (Wildman–Crippen LogP) is 1.37. The number of carbonyl (C=O) groups excluding carboxylic acids is 2. The second-order valence-corrected chi connectivity index (χ2v) is 5.42. The molecule has 1 rings (SSSR count). The average molecular weight is 295 g/mol. The SMILES string of the molecule is CNC(=O)c1cccc(NC(=O)[C@@H](N)CCSC)c1C. The first-order valence-corrected chi connectivity index (χ1v) is 7.77. The first-order valence-electron chi connectivity index (χ1n) is 6.38. The molecule has 0 aliphatic heterocycles. The van der Waals surface area contributed by atoms with Crippen LogP contribution in [-0.4, -0.2) is 36.9 Å². The number of nitrogens with two attached hydrogens (primary N) is 1. The van der Waals surface area contributed by atoms with E-state index in [0.717, 1.165) is 11.3 Å². The summed E-state index contributed by atoms with van der Waals surface area (Å²) < 4.78 is 0. The zero-order valence-corrected chi connectivity index (χ0v) is 12.8. The molecule has 0 fully saturated rings. The van der Waals surface area contributed by atoms with Crippen molar-refractivity contribution in [1.82, 2.24) is 5.32 Å². The van der Waals surface area contributed by atoms with E-state index in [1.165, 1.54) is 0 Å². The molecule has 5 nitrogen and oxygen atoms in total. The molecule has 0 spiro atoms. The van der Waals surface area contributed by atoms with Gasteiger partial charge in [-0.3, -0.25) is 9.59 Å². The Labute approximate surface area is 123 Å². The summed E-state index contributed by atoms with van der Waals surface area (Å²) in [5.41, 5.74) is 7.72. The largest absolute Gasteiger partial charge is 0.355 e. The zero-order chi connectivity index (χ0) is 15.1. The first kappa shape index (κ1) is 16.5. The summed E-state index contributed by atoms with van der Waals surface area (Å²) in [6.45, 7) is 1.80. The number of benzene rings is 1. The van der Waals surface area contributed by atoms with Crippen molar-refractivity contribution in [1.29, 1.82) is 0 Å². The summed E-state index contributed by atoms with van der Waals surface area (Å²) in [5.74, 6) is 0.438. The van der Waals surface area contributed by atoms with Crippen LogP contribution in [-0.2, 0) is 4.79 Å². The molecule has 0 bridgehead atoms. The zero-order valence-electron chi connectivity index (χ0n) is 12.0. The fourth-order valence-electron chi connectivity index (χ4n) is 1.75. The minimum Gasteiger partial charge on any atom is -0.355 e. The lowest BCUT2D eigenvalue weighted by molar-refractivity contribution is -0.117. The molecule has 20 heavy (non-hydrogen) atoms. The molecular weight excluding hydrogens is 274 g/mol. The van der Waals surface area contributed by atoms with E-state index in [4.69, 9.17) is 5.73 Å². The molecule has 1 aromatic carbocycles. The Balaban J connectivity index is 2.82. The van der Waals surface area contributed by atoms with Crippen LogP contribution in [0.25, 0.3) is 0 Å². The van der Waals surface area contributed by atoms with Crippen LogP contribution in [0.15, 0.2) is 18.2 Å². The summed E-state index contributed by atoms with van der Waals surface area (Å²) in [6, 6.07) is 4.68. The van der Waals surface area contributed by atoms with Crippen LogP contribution in [0, 0.1) is 6.92 Å². The number of hydrogen-bond acceptors (Lipinski definition) is 4. The highest BCUT2D eigenvalue weighted by Crippen LogP contribution is 2.19. The number of hydrogen-bond donors (Lipinski definition) is 3. The molecule has 1 atom stereocenters. The number of amides is 2. The van der Waals surface area contributed by atoms with Gasteiger partial charge in [0.2, 0.25) is 5.91 Å². The Morgan fingerprint density at radius 3 is 2.70 bits per heavy atom. The van der Waals surface area contributed by atoms with Crippen LogP contribution < -0.4 is 16.4 Å². The molecule has 1 aromatic rings. The number of nitrogens with one attached hydrogen (secondary N) is 2. The first-order chi connectivity index (χ1) is 9.51. The molecule has 4 N–H and O–H groups in total. The van der Waals surface area contributed by atoms with Crippen LogP contribution in [0.2, 0.25) is 0 Å². The van der Waals surface area contributed by atoms with E-state index in [1.807, 2.05) is 6.26 Å². The number of rotatable bonds is 6. The summed E-state index contributed by atoms with van der Waals surface area (Å²) in [4.78, 5) is 23.7. The quantitative estimate of drug-likeness (QED) is 0.740.